The minimum atomic E-state index is -2.48. The zero-order valence-electron chi connectivity index (χ0n) is 13.8. The Bertz CT molecular complexity index is 385. The molecular formula is C15H31O3PSi. The minimum absolute atomic E-state index is 0.127. The van der Waals surface area contributed by atoms with Crippen LogP contribution in [0.1, 0.15) is 53.4 Å². The van der Waals surface area contributed by atoms with Crippen LogP contribution < -0.4 is 0 Å². The van der Waals surface area contributed by atoms with Gasteiger partial charge in [0.1, 0.15) is 0 Å². The summed E-state index contributed by atoms with van der Waals surface area (Å²) in [6.07, 6.45) is 5.93. The van der Waals surface area contributed by atoms with Gasteiger partial charge in [-0.3, -0.25) is 4.57 Å². The van der Waals surface area contributed by atoms with Crippen LogP contribution in [-0.4, -0.2) is 25.0 Å². The third kappa shape index (κ3) is 4.56. The van der Waals surface area contributed by atoms with Crippen LogP contribution in [0, 0.1) is 0 Å². The van der Waals surface area contributed by atoms with Crippen molar-refractivity contribution in [3.63, 3.8) is 0 Å². The molecule has 0 spiro atoms. The van der Waals surface area contributed by atoms with E-state index in [0.29, 0.717) is 0 Å². The molecule has 3 nitrogen and oxygen atoms in total. The first-order valence-corrected chi connectivity index (χ1v) is 12.0. The Morgan fingerprint density at radius 3 is 2.55 bits per heavy atom. The maximum atomic E-state index is 11.5. The highest BCUT2D eigenvalue weighted by molar-refractivity contribution is 7.39. The summed E-state index contributed by atoms with van der Waals surface area (Å²) in [7, 11) is -4.23. The van der Waals surface area contributed by atoms with Crippen molar-refractivity contribution >= 4 is 16.3 Å². The van der Waals surface area contributed by atoms with Crippen molar-refractivity contribution in [1.29, 1.82) is 0 Å². The lowest BCUT2D eigenvalue weighted by atomic mass is 10.1. The normalized spacial score (nSPS) is 23.6. The van der Waals surface area contributed by atoms with E-state index in [1.807, 2.05) is 0 Å². The van der Waals surface area contributed by atoms with Gasteiger partial charge in [-0.05, 0) is 37.4 Å². The first-order chi connectivity index (χ1) is 9.08. The maximum absolute atomic E-state index is 11.5. The SMILES string of the molecule is CCCC(C1=CC(O[Si](C)(C)C(C)(C)C)CC1)[PH](=O)O. The zero-order chi connectivity index (χ0) is 15.6. The van der Waals surface area contributed by atoms with E-state index in [1.54, 1.807) is 0 Å². The standard InChI is InChI=1S/C15H31O3PSi/c1-7-8-14(19(16)17)12-9-10-13(11-12)18-20(5,6)15(2,3)4/h11,13-14,19H,7-10H2,1-6H3,(H,16,17). The van der Waals surface area contributed by atoms with Crippen LogP contribution in [0.15, 0.2) is 11.6 Å². The number of allylic oxidation sites excluding steroid dienone is 1. The summed E-state index contributed by atoms with van der Waals surface area (Å²) in [4.78, 5) is 9.53. The molecule has 0 saturated heterocycles. The molecule has 0 saturated carbocycles. The van der Waals surface area contributed by atoms with E-state index in [9.17, 15) is 9.46 Å². The fourth-order valence-corrected chi connectivity index (χ4v) is 4.80. The van der Waals surface area contributed by atoms with Gasteiger partial charge in [-0.1, -0.05) is 45.8 Å². The Morgan fingerprint density at radius 1 is 1.50 bits per heavy atom. The fourth-order valence-electron chi connectivity index (χ4n) is 2.41. The van der Waals surface area contributed by atoms with Crippen molar-refractivity contribution in [2.75, 3.05) is 0 Å². The quantitative estimate of drug-likeness (QED) is 0.437. The molecule has 0 aromatic carbocycles. The van der Waals surface area contributed by atoms with Crippen molar-refractivity contribution in [1.82, 2.24) is 0 Å². The lowest BCUT2D eigenvalue weighted by Crippen LogP contribution is -2.43. The Kier molecular flexibility index (Phi) is 6.27. The lowest BCUT2D eigenvalue weighted by molar-refractivity contribution is 0.224. The smallest absolute Gasteiger partial charge is 0.196 e. The summed E-state index contributed by atoms with van der Waals surface area (Å²) in [5, 5.41) is 0.205. The summed E-state index contributed by atoms with van der Waals surface area (Å²) in [5.74, 6) is 0. The maximum Gasteiger partial charge on any atom is 0.196 e. The predicted octanol–water partition coefficient (Wildman–Crippen LogP) is 4.73. The van der Waals surface area contributed by atoms with Crippen LogP contribution in [0.3, 0.4) is 0 Å². The molecule has 0 radical (unpaired) electrons. The molecule has 3 unspecified atom stereocenters. The van der Waals surface area contributed by atoms with Gasteiger partial charge in [0.2, 0.25) is 0 Å². The number of rotatable bonds is 6. The van der Waals surface area contributed by atoms with Gasteiger partial charge in [-0.25, -0.2) is 0 Å². The molecule has 1 N–H and O–H groups in total. The average Bonchev–Trinajstić information content (AvgIpc) is 2.71. The van der Waals surface area contributed by atoms with E-state index < -0.39 is 16.3 Å². The molecule has 0 heterocycles. The molecule has 3 atom stereocenters. The molecule has 0 bridgehead atoms. The second-order valence-electron chi connectivity index (χ2n) is 7.38. The number of hydrogen-bond acceptors (Lipinski definition) is 2. The van der Waals surface area contributed by atoms with Crippen molar-refractivity contribution in [2.45, 2.75) is 83.3 Å². The molecule has 0 fully saturated rings. The van der Waals surface area contributed by atoms with Gasteiger partial charge in [0.05, 0.1) is 11.8 Å². The van der Waals surface area contributed by atoms with Crippen LogP contribution in [0.25, 0.3) is 0 Å². The van der Waals surface area contributed by atoms with Crippen molar-refractivity contribution in [2.24, 2.45) is 0 Å². The van der Waals surface area contributed by atoms with E-state index in [4.69, 9.17) is 4.43 Å². The lowest BCUT2D eigenvalue weighted by Gasteiger charge is -2.38. The van der Waals surface area contributed by atoms with E-state index in [-0.39, 0.29) is 16.8 Å². The highest BCUT2D eigenvalue weighted by Gasteiger charge is 2.39. The minimum Gasteiger partial charge on any atom is -0.411 e. The molecule has 1 rings (SSSR count). The van der Waals surface area contributed by atoms with E-state index in [0.717, 1.165) is 31.3 Å². The Labute approximate surface area is 125 Å². The molecule has 20 heavy (non-hydrogen) atoms. The van der Waals surface area contributed by atoms with Gasteiger partial charge in [0.15, 0.2) is 16.3 Å². The van der Waals surface area contributed by atoms with Crippen LogP contribution in [0.2, 0.25) is 18.1 Å². The zero-order valence-corrected chi connectivity index (χ0v) is 15.8. The van der Waals surface area contributed by atoms with Gasteiger partial charge in [-0.15, -0.1) is 0 Å². The van der Waals surface area contributed by atoms with Gasteiger partial charge >= 0.3 is 0 Å². The summed E-state index contributed by atoms with van der Waals surface area (Å²) < 4.78 is 17.9. The Hall–Kier alpha value is 0.107. The van der Waals surface area contributed by atoms with Crippen molar-refractivity contribution < 1.29 is 13.9 Å². The molecule has 1 aliphatic carbocycles. The second-order valence-corrected chi connectivity index (χ2v) is 13.5. The highest BCUT2D eigenvalue weighted by Crippen LogP contribution is 2.42. The van der Waals surface area contributed by atoms with Crippen LogP contribution in [-0.2, 0) is 8.99 Å². The molecule has 1 aliphatic rings. The Morgan fingerprint density at radius 2 is 2.10 bits per heavy atom. The van der Waals surface area contributed by atoms with Crippen molar-refractivity contribution in [3.8, 4) is 0 Å². The largest absolute Gasteiger partial charge is 0.411 e. The topological polar surface area (TPSA) is 46.5 Å². The monoisotopic (exact) mass is 318 g/mol. The molecular weight excluding hydrogens is 287 g/mol. The molecule has 0 amide bonds. The molecule has 118 valence electrons. The fraction of sp³-hybridized carbons (Fsp3) is 0.867. The average molecular weight is 318 g/mol. The summed E-state index contributed by atoms with van der Waals surface area (Å²) in [5.41, 5.74) is 1.03. The van der Waals surface area contributed by atoms with Crippen molar-refractivity contribution in [3.05, 3.63) is 11.6 Å². The van der Waals surface area contributed by atoms with Crippen LogP contribution in [0.5, 0.6) is 0 Å². The van der Waals surface area contributed by atoms with Gasteiger partial charge in [0, 0.05) is 0 Å². The predicted molar refractivity (Wildman–Crippen MR) is 89.3 cm³/mol. The van der Waals surface area contributed by atoms with Crippen LogP contribution >= 0.6 is 8.03 Å². The van der Waals surface area contributed by atoms with E-state index in [1.165, 1.54) is 0 Å². The summed E-state index contributed by atoms with van der Waals surface area (Å²) in [6, 6.07) is 0. The molecule has 0 aliphatic heterocycles. The third-order valence-corrected chi connectivity index (χ3v) is 10.5. The van der Waals surface area contributed by atoms with Gasteiger partial charge < -0.3 is 9.32 Å². The highest BCUT2D eigenvalue weighted by atomic mass is 31.1. The van der Waals surface area contributed by atoms with E-state index >= 15 is 0 Å². The van der Waals surface area contributed by atoms with Gasteiger partial charge in [-0.2, -0.15) is 0 Å². The molecule has 0 aromatic rings. The first-order valence-electron chi connectivity index (χ1n) is 7.69. The Balaban J connectivity index is 2.76. The van der Waals surface area contributed by atoms with Gasteiger partial charge in [0.25, 0.3) is 0 Å². The third-order valence-electron chi connectivity index (χ3n) is 4.69. The number of hydrogen-bond donors (Lipinski definition) is 1. The first kappa shape index (κ1) is 18.2. The van der Waals surface area contributed by atoms with E-state index in [2.05, 4.69) is 46.9 Å². The molecule has 5 heteroatoms. The van der Waals surface area contributed by atoms with Crippen LogP contribution in [0.4, 0.5) is 0 Å². The molecule has 0 aromatic heterocycles. The summed E-state index contributed by atoms with van der Waals surface area (Å²) >= 11 is 0. The summed E-state index contributed by atoms with van der Waals surface area (Å²) in [6.45, 7) is 13.3. The second kappa shape index (κ2) is 6.91.